The van der Waals surface area contributed by atoms with Crippen molar-refractivity contribution >= 4 is 23.3 Å². The molecule has 0 heterocycles. The van der Waals surface area contributed by atoms with E-state index in [9.17, 15) is 4.79 Å². The summed E-state index contributed by atoms with van der Waals surface area (Å²) in [5.41, 5.74) is 5.51. The maximum absolute atomic E-state index is 10.6. The molecule has 1 aromatic rings. The molecule has 5 heteroatoms. The summed E-state index contributed by atoms with van der Waals surface area (Å²) >= 11 is 5.94. The first-order valence-electron chi connectivity index (χ1n) is 4.51. The molecule has 0 aliphatic rings. The summed E-state index contributed by atoms with van der Waals surface area (Å²) in [5.74, 6) is 0.585. The molecular weight excluding hydrogens is 216 g/mol. The van der Waals surface area contributed by atoms with Gasteiger partial charge in [-0.05, 0) is 32.0 Å². The van der Waals surface area contributed by atoms with Crippen LogP contribution < -0.4 is 15.8 Å². The van der Waals surface area contributed by atoms with Crippen LogP contribution in [0.3, 0.4) is 0 Å². The quantitative estimate of drug-likeness (QED) is 0.835. The molecule has 0 atom stereocenters. The maximum Gasteiger partial charge on any atom is 0.316 e. The molecule has 0 fully saturated rings. The van der Waals surface area contributed by atoms with Crippen molar-refractivity contribution in [1.82, 2.24) is 0 Å². The van der Waals surface area contributed by atoms with Crippen LogP contribution in [-0.4, -0.2) is 12.1 Å². The number of amides is 2. The molecule has 82 valence electrons. The van der Waals surface area contributed by atoms with Crippen LogP contribution in [0.4, 0.5) is 10.5 Å². The van der Waals surface area contributed by atoms with E-state index < -0.39 is 6.03 Å². The minimum Gasteiger partial charge on any atom is -0.489 e. The first kappa shape index (κ1) is 11.7. The average Bonchev–Trinajstić information content (AvgIpc) is 2.08. The third-order valence-corrected chi connectivity index (χ3v) is 1.86. The fraction of sp³-hybridized carbons (Fsp3) is 0.300. The third-order valence-electron chi connectivity index (χ3n) is 1.56. The summed E-state index contributed by atoms with van der Waals surface area (Å²) in [4.78, 5) is 10.6. The van der Waals surface area contributed by atoms with Crippen LogP contribution in [0.15, 0.2) is 18.2 Å². The van der Waals surface area contributed by atoms with Crippen LogP contribution in [-0.2, 0) is 0 Å². The summed E-state index contributed by atoms with van der Waals surface area (Å²) in [6, 6.07) is 4.33. The zero-order valence-corrected chi connectivity index (χ0v) is 9.34. The predicted molar refractivity (Wildman–Crippen MR) is 60.4 cm³/mol. The minimum absolute atomic E-state index is 0.0532. The highest BCUT2D eigenvalue weighted by molar-refractivity contribution is 6.32. The van der Waals surface area contributed by atoms with E-state index in [0.29, 0.717) is 16.5 Å². The lowest BCUT2D eigenvalue weighted by Crippen LogP contribution is -2.19. The van der Waals surface area contributed by atoms with Gasteiger partial charge in [0.25, 0.3) is 0 Å². The third kappa shape index (κ3) is 3.67. The molecule has 0 aliphatic carbocycles. The maximum atomic E-state index is 10.6. The summed E-state index contributed by atoms with van der Waals surface area (Å²) in [6.07, 6.45) is 0.0532. The number of carbonyl (C=O) groups excluding carboxylic acids is 1. The topological polar surface area (TPSA) is 64.3 Å². The number of nitrogens with two attached hydrogens (primary N) is 1. The monoisotopic (exact) mass is 228 g/mol. The Kier molecular flexibility index (Phi) is 3.80. The van der Waals surface area contributed by atoms with Gasteiger partial charge in [-0.25, -0.2) is 4.79 Å². The molecule has 2 amide bonds. The van der Waals surface area contributed by atoms with E-state index >= 15 is 0 Å². The molecule has 0 saturated carbocycles. The van der Waals surface area contributed by atoms with E-state index in [1.54, 1.807) is 18.2 Å². The Morgan fingerprint density at radius 3 is 2.67 bits per heavy atom. The summed E-state index contributed by atoms with van der Waals surface area (Å²) in [6.45, 7) is 3.82. The predicted octanol–water partition coefficient (Wildman–Crippen LogP) is 2.62. The fourth-order valence-electron chi connectivity index (χ4n) is 1.07. The average molecular weight is 229 g/mol. The Morgan fingerprint density at radius 1 is 1.53 bits per heavy atom. The number of primary amides is 1. The highest BCUT2D eigenvalue weighted by Crippen LogP contribution is 2.28. The lowest BCUT2D eigenvalue weighted by Gasteiger charge is -2.12. The molecule has 3 N–H and O–H groups in total. The normalized spacial score (nSPS) is 10.1. The lowest BCUT2D eigenvalue weighted by molar-refractivity contribution is 0.242. The van der Waals surface area contributed by atoms with Crippen LogP contribution in [0.25, 0.3) is 0 Å². The van der Waals surface area contributed by atoms with Crippen LogP contribution in [0.2, 0.25) is 5.02 Å². The molecule has 15 heavy (non-hydrogen) atoms. The SMILES string of the molecule is CC(C)Oc1ccc(NC(N)=O)cc1Cl. The smallest absolute Gasteiger partial charge is 0.316 e. The van der Waals surface area contributed by atoms with Gasteiger partial charge in [-0.2, -0.15) is 0 Å². The molecule has 1 aromatic carbocycles. The van der Waals surface area contributed by atoms with Gasteiger partial charge in [-0.15, -0.1) is 0 Å². The lowest BCUT2D eigenvalue weighted by atomic mass is 10.3. The summed E-state index contributed by atoms with van der Waals surface area (Å²) in [7, 11) is 0. The van der Waals surface area contributed by atoms with E-state index in [0.717, 1.165) is 0 Å². The van der Waals surface area contributed by atoms with E-state index in [1.807, 2.05) is 13.8 Å². The number of anilines is 1. The zero-order chi connectivity index (χ0) is 11.4. The first-order valence-corrected chi connectivity index (χ1v) is 4.89. The van der Waals surface area contributed by atoms with E-state index in [2.05, 4.69) is 5.32 Å². The number of hydrogen-bond acceptors (Lipinski definition) is 2. The summed E-state index contributed by atoms with van der Waals surface area (Å²) < 4.78 is 5.43. The van der Waals surface area contributed by atoms with Crippen molar-refractivity contribution in [1.29, 1.82) is 0 Å². The van der Waals surface area contributed by atoms with Gasteiger partial charge in [-0.3, -0.25) is 0 Å². The molecule has 0 aliphatic heterocycles. The minimum atomic E-state index is -0.622. The van der Waals surface area contributed by atoms with Gasteiger partial charge in [0.15, 0.2) is 0 Å². The van der Waals surface area contributed by atoms with Crippen molar-refractivity contribution in [2.45, 2.75) is 20.0 Å². The molecule has 0 unspecified atom stereocenters. The molecule has 0 saturated heterocycles. The first-order chi connectivity index (χ1) is 6.99. The van der Waals surface area contributed by atoms with Gasteiger partial charge < -0.3 is 15.8 Å². The van der Waals surface area contributed by atoms with Crippen LogP contribution in [0, 0.1) is 0 Å². The number of benzene rings is 1. The largest absolute Gasteiger partial charge is 0.489 e. The van der Waals surface area contributed by atoms with Gasteiger partial charge in [0.05, 0.1) is 11.1 Å². The van der Waals surface area contributed by atoms with E-state index in [1.165, 1.54) is 0 Å². The van der Waals surface area contributed by atoms with Crippen molar-refractivity contribution in [2.24, 2.45) is 5.73 Å². The van der Waals surface area contributed by atoms with Crippen molar-refractivity contribution in [3.63, 3.8) is 0 Å². The Bertz CT molecular complexity index is 366. The number of halogens is 1. The second-order valence-corrected chi connectivity index (χ2v) is 3.71. The van der Waals surface area contributed by atoms with Gasteiger partial charge in [0.1, 0.15) is 5.75 Å². The van der Waals surface area contributed by atoms with Gasteiger partial charge in [0.2, 0.25) is 0 Å². The zero-order valence-electron chi connectivity index (χ0n) is 8.58. The van der Waals surface area contributed by atoms with Crippen molar-refractivity contribution in [2.75, 3.05) is 5.32 Å². The van der Waals surface area contributed by atoms with E-state index in [-0.39, 0.29) is 6.10 Å². The van der Waals surface area contributed by atoms with Crippen molar-refractivity contribution in [3.8, 4) is 5.75 Å². The molecule has 0 aromatic heterocycles. The van der Waals surface area contributed by atoms with E-state index in [4.69, 9.17) is 22.1 Å². The van der Waals surface area contributed by atoms with Gasteiger partial charge in [-0.1, -0.05) is 11.6 Å². The number of hydrogen-bond donors (Lipinski definition) is 2. The number of urea groups is 1. The Balaban J connectivity index is 2.83. The van der Waals surface area contributed by atoms with Crippen molar-refractivity contribution in [3.05, 3.63) is 23.2 Å². The second-order valence-electron chi connectivity index (χ2n) is 3.30. The fourth-order valence-corrected chi connectivity index (χ4v) is 1.30. The molecule has 4 nitrogen and oxygen atoms in total. The highest BCUT2D eigenvalue weighted by atomic mass is 35.5. The molecule has 0 spiro atoms. The number of carbonyl (C=O) groups is 1. The van der Waals surface area contributed by atoms with Crippen molar-refractivity contribution < 1.29 is 9.53 Å². The molecule has 1 rings (SSSR count). The van der Waals surface area contributed by atoms with Crippen LogP contribution in [0.5, 0.6) is 5.75 Å². The second kappa shape index (κ2) is 4.89. The van der Waals surface area contributed by atoms with Crippen LogP contribution in [0.1, 0.15) is 13.8 Å². The Hall–Kier alpha value is -1.42. The number of rotatable bonds is 3. The van der Waals surface area contributed by atoms with Gasteiger partial charge >= 0.3 is 6.03 Å². The Morgan fingerprint density at radius 2 is 2.20 bits per heavy atom. The van der Waals surface area contributed by atoms with Gasteiger partial charge in [0, 0.05) is 5.69 Å². The summed E-state index contributed by atoms with van der Waals surface area (Å²) in [5, 5.41) is 2.86. The highest BCUT2D eigenvalue weighted by Gasteiger charge is 2.05. The molecule has 0 bridgehead atoms. The number of nitrogens with one attached hydrogen (secondary N) is 1. The standard InChI is InChI=1S/C10H13ClN2O2/c1-6(2)15-9-4-3-7(5-8(9)11)13-10(12)14/h3-6H,1-2H3,(H3,12,13,14). The molecule has 0 radical (unpaired) electrons. The van der Waals surface area contributed by atoms with Crippen LogP contribution >= 0.6 is 11.6 Å². The number of ether oxygens (including phenoxy) is 1. The Labute approximate surface area is 93.4 Å². The molecular formula is C10H13ClN2O2.